The van der Waals surface area contributed by atoms with Crippen molar-refractivity contribution in [3.63, 3.8) is 0 Å². The van der Waals surface area contributed by atoms with E-state index in [1.165, 1.54) is 12.7 Å². The molecule has 1 aromatic carbocycles. The molecule has 0 aliphatic carbocycles. The van der Waals surface area contributed by atoms with Crippen molar-refractivity contribution in [2.24, 2.45) is 0 Å². The van der Waals surface area contributed by atoms with Crippen molar-refractivity contribution in [1.29, 1.82) is 0 Å². The first-order valence-electron chi connectivity index (χ1n) is 7.77. The van der Waals surface area contributed by atoms with Gasteiger partial charge in [-0.2, -0.15) is 0 Å². The van der Waals surface area contributed by atoms with Crippen LogP contribution in [0.3, 0.4) is 0 Å². The molecular formula is C16H17N5O3S. The minimum absolute atomic E-state index is 0.257. The van der Waals surface area contributed by atoms with Gasteiger partial charge in [-0.15, -0.1) is 11.8 Å². The minimum atomic E-state index is -1.09. The number of aromatic nitrogens is 4. The van der Waals surface area contributed by atoms with Gasteiger partial charge >= 0.3 is 0 Å². The topological polar surface area (TPSA) is 119 Å². The van der Waals surface area contributed by atoms with E-state index in [1.807, 2.05) is 30.3 Å². The minimum Gasteiger partial charge on any atom is -0.387 e. The molecule has 4 atom stereocenters. The second-order valence-corrected chi connectivity index (χ2v) is 6.85. The summed E-state index contributed by atoms with van der Waals surface area (Å²) in [5.41, 5.74) is 6.68. The fourth-order valence-electron chi connectivity index (χ4n) is 2.85. The van der Waals surface area contributed by atoms with E-state index in [-0.39, 0.29) is 5.82 Å². The number of aliphatic hydroxyl groups excluding tert-OH is 2. The SMILES string of the molecule is Nc1ncnc2c1ncn2C1OC(CSc2ccccc2)C(O)C1O. The van der Waals surface area contributed by atoms with Crippen LogP contribution in [0, 0.1) is 0 Å². The van der Waals surface area contributed by atoms with Crippen molar-refractivity contribution in [1.82, 2.24) is 19.5 Å². The van der Waals surface area contributed by atoms with Crippen molar-refractivity contribution in [2.75, 3.05) is 11.5 Å². The number of aliphatic hydroxyl groups is 2. The maximum absolute atomic E-state index is 10.4. The van der Waals surface area contributed by atoms with E-state index < -0.39 is 24.5 Å². The number of hydrogen-bond acceptors (Lipinski definition) is 8. The normalized spacial score (nSPS) is 26.3. The molecule has 4 unspecified atom stereocenters. The summed E-state index contributed by atoms with van der Waals surface area (Å²) in [7, 11) is 0. The Balaban J connectivity index is 1.54. The maximum Gasteiger partial charge on any atom is 0.167 e. The predicted octanol–water partition coefficient (Wildman–Crippen LogP) is 0.820. The molecule has 0 radical (unpaired) electrons. The highest BCUT2D eigenvalue weighted by Crippen LogP contribution is 2.34. The summed E-state index contributed by atoms with van der Waals surface area (Å²) in [5.74, 6) is 0.774. The zero-order valence-electron chi connectivity index (χ0n) is 13.1. The lowest BCUT2D eigenvalue weighted by Crippen LogP contribution is -2.32. The fraction of sp³-hybridized carbons (Fsp3) is 0.312. The van der Waals surface area contributed by atoms with Crippen LogP contribution in [0.25, 0.3) is 11.2 Å². The Kier molecular flexibility index (Phi) is 4.30. The Morgan fingerprint density at radius 3 is 2.72 bits per heavy atom. The number of hydrogen-bond donors (Lipinski definition) is 3. The zero-order valence-corrected chi connectivity index (χ0v) is 14.0. The highest BCUT2D eigenvalue weighted by molar-refractivity contribution is 7.99. The maximum atomic E-state index is 10.4. The molecule has 0 spiro atoms. The molecule has 0 saturated carbocycles. The second kappa shape index (κ2) is 6.60. The van der Waals surface area contributed by atoms with Crippen molar-refractivity contribution in [3.05, 3.63) is 43.0 Å². The molecule has 4 rings (SSSR count). The Hall–Kier alpha value is -2.20. The fourth-order valence-corrected chi connectivity index (χ4v) is 3.83. The lowest BCUT2D eigenvalue weighted by atomic mass is 10.1. The third-order valence-electron chi connectivity index (χ3n) is 4.16. The van der Waals surface area contributed by atoms with E-state index in [9.17, 15) is 10.2 Å². The average Bonchev–Trinajstić information content (AvgIpc) is 3.18. The highest BCUT2D eigenvalue weighted by atomic mass is 32.2. The molecule has 9 heteroatoms. The number of nitrogens with zero attached hydrogens (tertiary/aromatic N) is 4. The molecule has 8 nitrogen and oxygen atoms in total. The molecule has 1 aliphatic heterocycles. The van der Waals surface area contributed by atoms with E-state index in [4.69, 9.17) is 10.5 Å². The molecular weight excluding hydrogens is 342 g/mol. The largest absolute Gasteiger partial charge is 0.387 e. The Labute approximate surface area is 147 Å². The van der Waals surface area contributed by atoms with Crippen molar-refractivity contribution >= 4 is 28.7 Å². The van der Waals surface area contributed by atoms with Gasteiger partial charge in [0.1, 0.15) is 24.1 Å². The first-order valence-corrected chi connectivity index (χ1v) is 8.76. The number of anilines is 1. The van der Waals surface area contributed by atoms with Crippen LogP contribution in [0.2, 0.25) is 0 Å². The molecule has 3 heterocycles. The quantitative estimate of drug-likeness (QED) is 0.586. The van der Waals surface area contributed by atoms with Crippen LogP contribution in [0.15, 0.2) is 47.9 Å². The second-order valence-electron chi connectivity index (χ2n) is 5.75. The van der Waals surface area contributed by atoms with E-state index >= 15 is 0 Å². The molecule has 3 aromatic rings. The summed E-state index contributed by atoms with van der Waals surface area (Å²) < 4.78 is 7.48. The lowest BCUT2D eigenvalue weighted by molar-refractivity contribution is -0.0289. The Morgan fingerprint density at radius 1 is 1.12 bits per heavy atom. The molecule has 1 aliphatic rings. The van der Waals surface area contributed by atoms with Crippen LogP contribution >= 0.6 is 11.8 Å². The van der Waals surface area contributed by atoms with Gasteiger partial charge in [-0.25, -0.2) is 15.0 Å². The third-order valence-corrected chi connectivity index (χ3v) is 5.26. The van der Waals surface area contributed by atoms with E-state index in [0.717, 1.165) is 4.90 Å². The van der Waals surface area contributed by atoms with Gasteiger partial charge in [0, 0.05) is 10.6 Å². The molecule has 0 bridgehead atoms. The molecule has 25 heavy (non-hydrogen) atoms. The van der Waals surface area contributed by atoms with E-state index in [1.54, 1.807) is 16.3 Å². The van der Waals surface area contributed by atoms with Gasteiger partial charge in [-0.1, -0.05) is 18.2 Å². The molecule has 130 valence electrons. The summed E-state index contributed by atoms with van der Waals surface area (Å²) in [6.45, 7) is 0. The molecule has 1 saturated heterocycles. The van der Waals surface area contributed by atoms with Crippen LogP contribution in [-0.2, 0) is 4.74 Å². The summed E-state index contributed by atoms with van der Waals surface area (Å²) >= 11 is 1.56. The van der Waals surface area contributed by atoms with Gasteiger partial charge < -0.3 is 20.7 Å². The smallest absolute Gasteiger partial charge is 0.167 e. The number of nitrogens with two attached hydrogens (primary N) is 1. The van der Waals surface area contributed by atoms with Gasteiger partial charge in [0.05, 0.1) is 12.4 Å². The number of imidazole rings is 1. The van der Waals surface area contributed by atoms with Crippen LogP contribution < -0.4 is 5.73 Å². The summed E-state index contributed by atoms with van der Waals surface area (Å²) in [5, 5.41) is 20.8. The lowest BCUT2D eigenvalue weighted by Gasteiger charge is -2.16. The molecule has 0 amide bonds. The number of ether oxygens (including phenoxy) is 1. The number of nitrogen functional groups attached to an aromatic ring is 1. The van der Waals surface area contributed by atoms with Crippen molar-refractivity contribution in [2.45, 2.75) is 29.4 Å². The third kappa shape index (κ3) is 2.95. The van der Waals surface area contributed by atoms with Crippen LogP contribution in [-0.4, -0.2) is 53.8 Å². The van der Waals surface area contributed by atoms with E-state index in [2.05, 4.69) is 15.0 Å². The number of thioether (sulfide) groups is 1. The van der Waals surface area contributed by atoms with Gasteiger partial charge in [0.2, 0.25) is 0 Å². The van der Waals surface area contributed by atoms with Crippen LogP contribution in [0.1, 0.15) is 6.23 Å². The first kappa shape index (κ1) is 16.3. The standard InChI is InChI=1S/C16H17N5O3S/c17-14-11-15(19-7-18-14)21(8-20-11)16-13(23)12(22)10(24-16)6-25-9-4-2-1-3-5-9/h1-5,7-8,10,12-13,16,22-23H,6H2,(H2,17,18,19). The predicted molar refractivity (Wildman–Crippen MR) is 92.8 cm³/mol. The van der Waals surface area contributed by atoms with Crippen LogP contribution in [0.5, 0.6) is 0 Å². The average molecular weight is 359 g/mol. The molecule has 1 fully saturated rings. The number of benzene rings is 1. The van der Waals surface area contributed by atoms with Gasteiger partial charge in [-0.05, 0) is 12.1 Å². The first-order chi connectivity index (χ1) is 12.1. The summed E-state index contributed by atoms with van der Waals surface area (Å²) in [4.78, 5) is 13.3. The summed E-state index contributed by atoms with van der Waals surface area (Å²) in [6, 6.07) is 9.83. The zero-order chi connectivity index (χ0) is 17.4. The van der Waals surface area contributed by atoms with Gasteiger partial charge in [-0.3, -0.25) is 4.57 Å². The highest BCUT2D eigenvalue weighted by Gasteiger charge is 2.44. The Morgan fingerprint density at radius 2 is 1.92 bits per heavy atom. The van der Waals surface area contributed by atoms with Crippen molar-refractivity contribution < 1.29 is 14.9 Å². The monoisotopic (exact) mass is 359 g/mol. The summed E-state index contributed by atoms with van der Waals surface area (Å²) in [6.07, 6.45) is -0.565. The number of rotatable bonds is 4. The van der Waals surface area contributed by atoms with Crippen LogP contribution in [0.4, 0.5) is 5.82 Å². The Bertz CT molecular complexity index is 875. The van der Waals surface area contributed by atoms with Crippen molar-refractivity contribution in [3.8, 4) is 0 Å². The molecule has 2 aromatic heterocycles. The van der Waals surface area contributed by atoms with Gasteiger partial charge in [0.25, 0.3) is 0 Å². The molecule has 4 N–H and O–H groups in total. The van der Waals surface area contributed by atoms with E-state index in [0.29, 0.717) is 16.9 Å². The number of fused-ring (bicyclic) bond motifs is 1. The van der Waals surface area contributed by atoms with Gasteiger partial charge in [0.15, 0.2) is 17.7 Å².